The van der Waals surface area contributed by atoms with Gasteiger partial charge >= 0.3 is 5.97 Å². The summed E-state index contributed by atoms with van der Waals surface area (Å²) in [6.07, 6.45) is 27.9. The number of carboxylic acid groups (broad SMARTS) is 1. The van der Waals surface area contributed by atoms with E-state index < -0.39 is 34.8 Å². The third-order valence-corrected chi connectivity index (χ3v) is 41.9. The molecule has 2 amide bonds. The fourth-order valence-corrected chi connectivity index (χ4v) is 27.4. The van der Waals surface area contributed by atoms with Gasteiger partial charge in [0.05, 0.1) is 84.9 Å². The number of aliphatic hydroxyl groups is 1. The number of ketones is 3. The molecule has 0 spiro atoms. The van der Waals surface area contributed by atoms with Gasteiger partial charge in [0.1, 0.15) is 22.9 Å². The normalized spacial score (nSPS) is 22.8. The number of aromatic nitrogens is 6. The first kappa shape index (κ1) is 102. The lowest BCUT2D eigenvalue weighted by Crippen LogP contribution is -2.47. The summed E-state index contributed by atoms with van der Waals surface area (Å²) in [5.41, 5.74) is 6.02. The fourth-order valence-electron chi connectivity index (χ4n) is 19.9. The fraction of sp³-hybridized carbons (Fsp3) is 0.660. The van der Waals surface area contributed by atoms with E-state index in [-0.39, 0.29) is 92.6 Å². The van der Waals surface area contributed by atoms with Gasteiger partial charge in [-0.1, -0.05) is 197 Å². The summed E-state index contributed by atoms with van der Waals surface area (Å²) >= 11 is 39.4. The van der Waals surface area contributed by atoms with E-state index >= 15 is 0 Å². The molecule has 12 rings (SSSR count). The lowest BCUT2D eigenvalue weighted by atomic mass is 9.67. The molecule has 26 heteroatoms. The molecule has 2 N–H and O–H groups in total. The standard InChI is InChI=1S/C34H51Cl2N3O3Si.C28H37Cl2N3O3.C21H34Cl2OSi.C14H20N2O3/c1-8-43(9-2,10-3)42-30(31-28(35)13-11-14-29(31)36)22-38(23-33(6)17-12-18-33)32(41)27-21-37-39(24(27)4)26-15-19-34(7,20-16-26)25(5)40;1-18-21(15-31-33(18)20-9-13-28(4,14-10-20)19(2)34)26(36)32(17-27(3)11-6-12-27)16-24(35)25-22(29)7-5-8-23(25)30;1-5-25(6-2,7-3)24-19(13-9-14-21(4)15-10-16-21)20-17(22)11-8-12-18(20)23;1-9-12(13(18)19)8-15-16(9)11-4-6-14(3,7-5-11)10(2)17/h11,13-14,21,26,30H,8-10,12,15-20,22-23H2,1-7H3;5,7-8,15,20,24,35H,6,9-14,16-17H2,1-4H3;8,11-12,19H,5-7,9-10,13-16H2,1-4H3;8,11H,4-7H2,1-3H3,(H,18,19). The third-order valence-electron chi connectivity index (χ3n) is 30.6. The first-order valence-corrected chi connectivity index (χ1v) is 53.1. The summed E-state index contributed by atoms with van der Waals surface area (Å²) in [5.74, 6) is -0.349. The van der Waals surface area contributed by atoms with Gasteiger partial charge in [-0.2, -0.15) is 15.3 Å². The van der Waals surface area contributed by atoms with Crippen LogP contribution < -0.4 is 0 Å². The Bertz CT molecular complexity index is 4520. The van der Waals surface area contributed by atoms with Crippen molar-refractivity contribution in [2.75, 3.05) is 26.2 Å². The van der Waals surface area contributed by atoms with Gasteiger partial charge in [0.15, 0.2) is 16.6 Å². The second-order valence-electron chi connectivity index (χ2n) is 39.0. The van der Waals surface area contributed by atoms with Crippen molar-refractivity contribution in [1.82, 2.24) is 39.1 Å². The topological polar surface area (TPSA) is 221 Å². The SMILES string of the molecule is CC(=O)C1(C)CCC(n2ncc(C(=O)N(CC(O)c3c(Cl)cccc3Cl)CC3(C)CCC3)c2C)CC1.CC(=O)C1(C)CCC(n2ncc(C(=O)O)c2C)CC1.CC[Si](CC)(CC)OC(CCCC1(C)CCC1)c1c(Cl)cccc1Cl.CC[Si](CC)(CC)OC(CN(CC1(C)CCC1)C(=O)c1cnn(C2CCC(C)(C(C)=O)CC2)c1C)c1c(Cl)cccc1Cl. The Labute approximate surface area is 766 Å². The van der Waals surface area contributed by atoms with Gasteiger partial charge in [-0.3, -0.25) is 38.0 Å². The van der Waals surface area contributed by atoms with Gasteiger partial charge in [0.2, 0.25) is 0 Å². The maximum Gasteiger partial charge on any atom is 0.339 e. The maximum absolute atomic E-state index is 14.5. The Morgan fingerprint density at radius 1 is 0.439 bits per heavy atom. The second kappa shape index (κ2) is 43.5. The molecular formula is C97H142Cl6N8O10Si2. The smallest absolute Gasteiger partial charge is 0.339 e. The number of carbonyl (C=O) groups is 6. The van der Waals surface area contributed by atoms with Crippen molar-refractivity contribution in [3.63, 3.8) is 0 Å². The quantitative estimate of drug-likeness (QED) is 0.0359. The zero-order chi connectivity index (χ0) is 90.5. The number of halogens is 6. The molecule has 3 unspecified atom stereocenters. The number of benzene rings is 3. The van der Waals surface area contributed by atoms with Crippen LogP contribution in [0.3, 0.4) is 0 Å². The van der Waals surface area contributed by atoms with E-state index in [2.05, 4.69) is 79.4 Å². The molecule has 3 aromatic carbocycles. The Morgan fingerprint density at radius 2 is 0.724 bits per heavy atom. The van der Waals surface area contributed by atoms with Crippen LogP contribution in [-0.2, 0) is 23.2 Å². The predicted molar refractivity (Wildman–Crippen MR) is 505 cm³/mol. The number of nitrogens with zero attached hydrogens (tertiary/aromatic N) is 8. The highest BCUT2D eigenvalue weighted by atomic mass is 35.5. The minimum absolute atomic E-state index is 0.0187. The third kappa shape index (κ3) is 24.5. The van der Waals surface area contributed by atoms with Crippen LogP contribution in [0.4, 0.5) is 0 Å². The highest BCUT2D eigenvalue weighted by Gasteiger charge is 2.45. The van der Waals surface area contributed by atoms with Crippen LogP contribution >= 0.6 is 69.6 Å². The molecule has 6 aromatic rings. The number of rotatable bonds is 34. The van der Waals surface area contributed by atoms with E-state index in [0.717, 1.165) is 184 Å². The number of carboxylic acids is 1. The van der Waals surface area contributed by atoms with Crippen molar-refractivity contribution in [3.8, 4) is 0 Å². The van der Waals surface area contributed by atoms with Crippen molar-refractivity contribution < 1.29 is 47.8 Å². The highest BCUT2D eigenvalue weighted by Crippen LogP contribution is 2.51. The summed E-state index contributed by atoms with van der Waals surface area (Å²) in [5, 5.41) is 37.1. The molecule has 3 atom stereocenters. The van der Waals surface area contributed by atoms with Crippen LogP contribution in [-0.4, -0.2) is 127 Å². The van der Waals surface area contributed by atoms with E-state index in [1.807, 2.05) is 83.0 Å². The number of Topliss-reactive ketones (excluding diaryl/α,β-unsaturated/α-hetero) is 3. The molecule has 3 aromatic heterocycles. The molecule has 0 radical (unpaired) electrons. The van der Waals surface area contributed by atoms with Crippen LogP contribution in [0.25, 0.3) is 0 Å². The lowest BCUT2D eigenvalue weighted by Gasteiger charge is -2.44. The van der Waals surface area contributed by atoms with Crippen LogP contribution in [0.15, 0.2) is 73.2 Å². The molecule has 123 heavy (non-hydrogen) atoms. The van der Waals surface area contributed by atoms with Gasteiger partial charge in [-0.05, 0) is 259 Å². The van der Waals surface area contributed by atoms with Crippen molar-refractivity contribution >= 4 is 121 Å². The average Bonchev–Trinajstić information content (AvgIpc) is 1.71. The summed E-state index contributed by atoms with van der Waals surface area (Å²) in [4.78, 5) is 79.0. The number of aromatic carboxylic acids is 1. The van der Waals surface area contributed by atoms with Crippen molar-refractivity contribution in [2.45, 2.75) is 351 Å². The number of amides is 2. The first-order chi connectivity index (χ1) is 58.0. The number of carbonyl (C=O) groups excluding carboxylic acids is 5. The van der Waals surface area contributed by atoms with Crippen LogP contribution in [0, 0.1) is 53.3 Å². The number of hydrogen-bond donors (Lipinski definition) is 2. The van der Waals surface area contributed by atoms with Crippen LogP contribution in [0.5, 0.6) is 0 Å². The maximum atomic E-state index is 14.5. The van der Waals surface area contributed by atoms with E-state index in [0.29, 0.717) is 67.5 Å². The molecule has 3 heterocycles. The molecule has 0 saturated heterocycles. The van der Waals surface area contributed by atoms with Gasteiger partial charge in [0.25, 0.3) is 11.8 Å². The summed E-state index contributed by atoms with van der Waals surface area (Å²) in [6.45, 7) is 39.0. The molecule has 680 valence electrons. The van der Waals surface area contributed by atoms with Gasteiger partial charge in [-0.15, -0.1) is 0 Å². The molecular weight excluding hydrogens is 1710 g/mol. The molecule has 0 aliphatic heterocycles. The van der Waals surface area contributed by atoms with Crippen LogP contribution in [0.2, 0.25) is 66.4 Å². The van der Waals surface area contributed by atoms with E-state index in [9.17, 15) is 33.9 Å². The Balaban J connectivity index is 0.000000194. The molecule has 6 saturated carbocycles. The zero-order valence-corrected chi connectivity index (χ0v) is 83.5. The van der Waals surface area contributed by atoms with Gasteiger partial charge in [-0.25, -0.2) is 4.79 Å². The minimum Gasteiger partial charge on any atom is -0.478 e. The van der Waals surface area contributed by atoms with E-state index in [4.69, 9.17) is 88.7 Å². The predicted octanol–water partition coefficient (Wildman–Crippen LogP) is 27.2. The molecule has 6 aliphatic carbocycles. The summed E-state index contributed by atoms with van der Waals surface area (Å²) in [6, 6.07) is 23.5. The monoisotopic (exact) mass is 1840 g/mol. The lowest BCUT2D eigenvalue weighted by molar-refractivity contribution is -0.128. The number of aliphatic hydroxyl groups excluding tert-OH is 1. The van der Waals surface area contributed by atoms with E-state index in [1.165, 1.54) is 44.7 Å². The Hall–Kier alpha value is -5.24. The van der Waals surface area contributed by atoms with Crippen molar-refractivity contribution in [2.24, 2.45) is 32.5 Å². The molecule has 6 fully saturated rings. The molecule has 0 bridgehead atoms. The summed E-state index contributed by atoms with van der Waals surface area (Å²) in [7, 11) is -3.80. The van der Waals surface area contributed by atoms with E-state index in [1.54, 1.807) is 63.2 Å². The summed E-state index contributed by atoms with van der Waals surface area (Å²) < 4.78 is 19.8. The minimum atomic E-state index is -2.09. The Morgan fingerprint density at radius 3 is 1.01 bits per heavy atom. The number of hydrogen-bond acceptors (Lipinski definition) is 12. The zero-order valence-electron chi connectivity index (χ0n) is 76.9. The van der Waals surface area contributed by atoms with Gasteiger partial charge < -0.3 is 28.9 Å². The largest absolute Gasteiger partial charge is 0.478 e. The van der Waals surface area contributed by atoms with Gasteiger partial charge in [0, 0.05) is 87.5 Å². The Kier molecular flexibility index (Phi) is 35.9. The van der Waals surface area contributed by atoms with Crippen molar-refractivity contribution in [3.05, 3.63) is 154 Å². The first-order valence-electron chi connectivity index (χ1n) is 45.8. The van der Waals surface area contributed by atoms with Crippen LogP contribution in [0.1, 0.15) is 359 Å². The second-order valence-corrected chi connectivity index (χ2v) is 50.9. The average molecular weight is 1850 g/mol. The van der Waals surface area contributed by atoms with Crippen molar-refractivity contribution in [1.29, 1.82) is 0 Å². The molecule has 18 nitrogen and oxygen atoms in total. The molecule has 6 aliphatic rings. The highest BCUT2D eigenvalue weighted by molar-refractivity contribution is 6.74.